The van der Waals surface area contributed by atoms with Crippen LogP contribution in [0, 0.1) is 13.8 Å². The van der Waals surface area contributed by atoms with Crippen molar-refractivity contribution in [3.8, 4) is 5.69 Å². The average Bonchev–Trinajstić information content (AvgIpc) is 3.03. The van der Waals surface area contributed by atoms with Crippen molar-refractivity contribution in [1.82, 2.24) is 4.57 Å². The highest BCUT2D eigenvalue weighted by Crippen LogP contribution is 2.27. The molecule has 8 heteroatoms. The number of aromatic nitrogens is 2. The first-order valence-electron chi connectivity index (χ1n) is 9.51. The topological polar surface area (TPSA) is 38.1 Å². The van der Waals surface area contributed by atoms with E-state index in [0.717, 1.165) is 16.9 Å². The van der Waals surface area contributed by atoms with Crippen LogP contribution in [0.5, 0.6) is 0 Å². The summed E-state index contributed by atoms with van der Waals surface area (Å²) in [5, 5.41) is 3.21. The van der Waals surface area contributed by atoms with E-state index < -0.39 is 5.76 Å². The Labute approximate surface area is 188 Å². The molecule has 158 valence electrons. The van der Waals surface area contributed by atoms with Crippen molar-refractivity contribution in [3.05, 3.63) is 83.7 Å². The number of pyridine rings is 1. The smallest absolute Gasteiger partial charge is 0.298 e. The average molecular weight is 456 g/mol. The number of amides is 1. The van der Waals surface area contributed by atoms with Gasteiger partial charge in [-0.3, -0.25) is 4.79 Å². The number of anilines is 1. The Kier molecular flexibility index (Phi) is 5.93. The van der Waals surface area contributed by atoms with Gasteiger partial charge in [0.25, 0.3) is 17.3 Å². The second kappa shape index (κ2) is 8.64. The number of benzene rings is 2. The molecule has 1 N–H and O–H groups in total. The third kappa shape index (κ3) is 4.26. The quantitative estimate of drug-likeness (QED) is 0.252. The number of rotatable bonds is 5. The molecule has 0 saturated heterocycles. The summed E-state index contributed by atoms with van der Waals surface area (Å²) in [5.41, 5.74) is 4.78. The number of aryl methyl sites for hydroxylation is 2. The largest absolute Gasteiger partial charge is 0.732 e. The fourth-order valence-electron chi connectivity index (χ4n) is 3.35. The van der Waals surface area contributed by atoms with Gasteiger partial charge in [0.05, 0.1) is 6.20 Å². The van der Waals surface area contributed by atoms with Crippen LogP contribution in [0.1, 0.15) is 21.6 Å². The Bertz CT molecular complexity index is 1270. The van der Waals surface area contributed by atoms with E-state index in [9.17, 15) is 13.6 Å². The Morgan fingerprint density at radius 1 is 1.06 bits per heavy atom. The van der Waals surface area contributed by atoms with E-state index in [-0.39, 0.29) is 5.91 Å². The molecule has 0 unspecified atom stereocenters. The predicted molar refractivity (Wildman–Crippen MR) is 120 cm³/mol. The van der Waals surface area contributed by atoms with Crippen LogP contribution in [0.15, 0.2) is 76.8 Å². The van der Waals surface area contributed by atoms with Gasteiger partial charge in [0, 0.05) is 21.7 Å². The molecule has 0 bridgehead atoms. The van der Waals surface area contributed by atoms with Crippen LogP contribution in [-0.4, -0.2) is 16.2 Å². The fraction of sp³-hybridized carbons (Fsp3) is 0.130. The van der Waals surface area contributed by atoms with Gasteiger partial charge in [-0.15, -0.1) is 0 Å². The van der Waals surface area contributed by atoms with Crippen LogP contribution in [-0.2, 0) is 12.6 Å². The number of carbonyl (C=O) groups is 1. The number of nitrogens with zero attached hydrogens (tertiary/aromatic N) is 2. The maximum Gasteiger partial charge on any atom is 0.298 e. The molecular weight excluding hydrogens is 436 g/mol. The second-order valence-electron chi connectivity index (χ2n) is 7.04. The highest BCUT2D eigenvalue weighted by Gasteiger charge is 2.25. The van der Waals surface area contributed by atoms with Crippen LogP contribution in [0.4, 0.5) is 14.5 Å². The van der Waals surface area contributed by atoms with Gasteiger partial charge in [-0.2, -0.15) is 13.2 Å². The van der Waals surface area contributed by atoms with Gasteiger partial charge in [0.2, 0.25) is 5.69 Å². The van der Waals surface area contributed by atoms with E-state index in [1.54, 1.807) is 34.9 Å². The van der Waals surface area contributed by atoms with E-state index in [1.165, 1.54) is 5.56 Å². The molecule has 2 aromatic heterocycles. The van der Waals surface area contributed by atoms with Crippen molar-refractivity contribution < 1.29 is 18.0 Å². The van der Waals surface area contributed by atoms with Crippen LogP contribution in [0.2, 0.25) is 0 Å². The summed E-state index contributed by atoms with van der Waals surface area (Å²) in [6.07, 6.45) is 1.79. The third-order valence-corrected chi connectivity index (χ3v) is 6.11. The summed E-state index contributed by atoms with van der Waals surface area (Å²) in [7, 11) is 0. The minimum absolute atomic E-state index is 0.329. The number of nitrogens with one attached hydrogen (secondary N) is 1. The molecule has 0 saturated carbocycles. The van der Waals surface area contributed by atoms with Crippen molar-refractivity contribution in [1.29, 1.82) is 0 Å². The van der Waals surface area contributed by atoms with Gasteiger partial charge in [0.1, 0.15) is 5.69 Å². The summed E-state index contributed by atoms with van der Waals surface area (Å²) < 4.78 is 28.7. The van der Waals surface area contributed by atoms with E-state index in [2.05, 4.69) is 5.32 Å². The maximum atomic E-state index is 13.1. The molecule has 0 radical (unpaired) electrons. The lowest BCUT2D eigenvalue weighted by Gasteiger charge is -2.09. The molecule has 31 heavy (non-hydrogen) atoms. The number of fused-ring (bicyclic) bond motifs is 1. The van der Waals surface area contributed by atoms with Gasteiger partial charge in [0.15, 0.2) is 0 Å². The van der Waals surface area contributed by atoms with Crippen LogP contribution >= 0.6 is 11.8 Å². The number of hydrogen-bond acceptors (Lipinski definition) is 3. The molecule has 0 fully saturated rings. The highest BCUT2D eigenvalue weighted by molar-refractivity contribution is 7.99. The van der Waals surface area contributed by atoms with Gasteiger partial charge in [-0.05, 0) is 67.4 Å². The second-order valence-corrected chi connectivity index (χ2v) is 8.49. The molecule has 1 amide bonds. The molecule has 2 aromatic carbocycles. The Balaban J connectivity index is 1.73. The standard InChI is InChI=1S/C23H19F2N3OS2/c1-14-6-9-17(13-15(14)2)28-19-5-3-4-12-27(19)20(22(28)30)21(29)26-16-7-10-18(11-8-16)31-23(24)25/h3-13,23H,1-2H3,(H-,26,29,30). The third-order valence-electron chi connectivity index (χ3n) is 5.02. The van der Waals surface area contributed by atoms with Crippen molar-refractivity contribution >= 4 is 41.6 Å². The summed E-state index contributed by atoms with van der Waals surface area (Å²) >= 11 is 6.17. The van der Waals surface area contributed by atoms with Gasteiger partial charge in [-0.1, -0.05) is 23.9 Å². The summed E-state index contributed by atoms with van der Waals surface area (Å²) in [4.78, 5) is 13.6. The summed E-state index contributed by atoms with van der Waals surface area (Å²) in [6.45, 7) is 4.07. The number of alkyl halides is 2. The normalized spacial score (nSPS) is 11.3. The molecule has 2 heterocycles. The van der Waals surface area contributed by atoms with Crippen molar-refractivity contribution in [2.45, 2.75) is 29.5 Å². The Hall–Kier alpha value is -2.97. The number of halogens is 2. The van der Waals surface area contributed by atoms with Crippen LogP contribution in [0.25, 0.3) is 11.3 Å². The lowest BCUT2D eigenvalue weighted by atomic mass is 10.1. The lowest BCUT2D eigenvalue weighted by molar-refractivity contribution is -0.514. The number of hydrogen-bond donors (Lipinski definition) is 1. The first-order valence-corrected chi connectivity index (χ1v) is 10.8. The summed E-state index contributed by atoms with van der Waals surface area (Å²) in [6, 6.07) is 18.0. The zero-order chi connectivity index (χ0) is 22.1. The van der Waals surface area contributed by atoms with Crippen molar-refractivity contribution in [3.63, 3.8) is 0 Å². The molecule has 0 aliphatic rings. The van der Waals surface area contributed by atoms with Crippen LogP contribution in [0.3, 0.4) is 0 Å². The molecule has 0 aliphatic carbocycles. The molecule has 0 atom stereocenters. The van der Waals surface area contributed by atoms with Crippen LogP contribution < -0.4 is 9.72 Å². The molecule has 4 aromatic rings. The minimum Gasteiger partial charge on any atom is -0.732 e. The maximum absolute atomic E-state index is 13.1. The zero-order valence-electron chi connectivity index (χ0n) is 16.8. The van der Waals surface area contributed by atoms with E-state index >= 15 is 0 Å². The number of imidazole rings is 1. The van der Waals surface area contributed by atoms with E-state index in [4.69, 9.17) is 12.6 Å². The highest BCUT2D eigenvalue weighted by atomic mass is 32.2. The first kappa shape index (κ1) is 21.3. The summed E-state index contributed by atoms with van der Waals surface area (Å²) in [5.74, 6) is -2.86. The van der Waals surface area contributed by atoms with Crippen molar-refractivity contribution in [2.24, 2.45) is 0 Å². The van der Waals surface area contributed by atoms with Gasteiger partial charge >= 0.3 is 0 Å². The molecule has 0 spiro atoms. The SMILES string of the molecule is Cc1ccc(-n2c([S-])c(C(=O)Nc3ccc(SC(F)F)cc3)[n+]3ccccc23)cc1C. The lowest BCUT2D eigenvalue weighted by Crippen LogP contribution is -2.30. The predicted octanol–water partition coefficient (Wildman–Crippen LogP) is 5.31. The molecule has 0 aliphatic heterocycles. The number of carbonyl (C=O) groups excluding carboxylic acids is 1. The number of thioether (sulfide) groups is 1. The Morgan fingerprint density at radius 2 is 1.81 bits per heavy atom. The van der Waals surface area contributed by atoms with Gasteiger partial charge < -0.3 is 17.9 Å². The fourth-order valence-corrected chi connectivity index (χ4v) is 4.24. The Morgan fingerprint density at radius 3 is 2.48 bits per heavy atom. The zero-order valence-corrected chi connectivity index (χ0v) is 18.4. The molecular formula is C23H19F2N3OS2. The molecule has 4 nitrogen and oxygen atoms in total. The van der Waals surface area contributed by atoms with E-state index in [0.29, 0.717) is 33.1 Å². The minimum atomic E-state index is -2.49. The van der Waals surface area contributed by atoms with Gasteiger partial charge in [-0.25, -0.2) is 4.57 Å². The molecule has 4 rings (SSSR count). The van der Waals surface area contributed by atoms with Crippen molar-refractivity contribution in [2.75, 3.05) is 5.32 Å². The van der Waals surface area contributed by atoms with E-state index in [1.807, 2.05) is 54.8 Å². The first-order chi connectivity index (χ1) is 14.8. The monoisotopic (exact) mass is 455 g/mol.